The summed E-state index contributed by atoms with van der Waals surface area (Å²) in [7, 11) is 0. The first-order valence-corrected chi connectivity index (χ1v) is 9.69. The minimum absolute atomic E-state index is 0.139. The molecule has 1 N–H and O–H groups in total. The van der Waals surface area contributed by atoms with Crippen molar-refractivity contribution in [3.05, 3.63) is 66.2 Å². The summed E-state index contributed by atoms with van der Waals surface area (Å²) in [6.45, 7) is 0. The Labute approximate surface area is 159 Å². The van der Waals surface area contributed by atoms with Crippen LogP contribution in [-0.4, -0.2) is 17.2 Å². The van der Waals surface area contributed by atoms with E-state index in [9.17, 15) is 4.79 Å². The van der Waals surface area contributed by atoms with E-state index in [-0.39, 0.29) is 12.5 Å². The number of rotatable bonds is 6. The lowest BCUT2D eigenvalue weighted by molar-refractivity contribution is -0.136. The van der Waals surface area contributed by atoms with E-state index in [2.05, 4.69) is 36.4 Å². The van der Waals surface area contributed by atoms with E-state index in [4.69, 9.17) is 9.84 Å². The average Bonchev–Trinajstić information content (AvgIpc) is 3.20. The summed E-state index contributed by atoms with van der Waals surface area (Å²) in [6, 6.07) is 20.9. The number of hydrogen-bond acceptors (Lipinski definition) is 2. The molecule has 3 aromatic carbocycles. The normalized spacial score (nSPS) is 14.5. The maximum absolute atomic E-state index is 10.9. The summed E-state index contributed by atoms with van der Waals surface area (Å²) in [5.41, 5.74) is 3.19. The molecule has 3 heteroatoms. The zero-order valence-electron chi connectivity index (χ0n) is 15.4. The predicted molar refractivity (Wildman–Crippen MR) is 108 cm³/mol. The molecule has 0 spiro atoms. The van der Waals surface area contributed by atoms with Crippen molar-refractivity contribution in [2.24, 2.45) is 0 Å². The number of carbonyl (C=O) groups is 1. The number of aliphatic carboxylic acids is 1. The third-order valence-electron chi connectivity index (χ3n) is 5.33. The van der Waals surface area contributed by atoms with Crippen molar-refractivity contribution in [1.82, 2.24) is 0 Å². The SMILES string of the molecule is O=C(O)CCc1ccc(OC2CCCC2)c(-c2ccc3ccccc3c2)c1. The molecule has 0 saturated heterocycles. The summed E-state index contributed by atoms with van der Waals surface area (Å²) in [6.07, 6.45) is 5.63. The highest BCUT2D eigenvalue weighted by molar-refractivity contribution is 5.88. The van der Waals surface area contributed by atoms with E-state index in [1.807, 2.05) is 24.3 Å². The zero-order valence-corrected chi connectivity index (χ0v) is 15.4. The summed E-state index contributed by atoms with van der Waals surface area (Å²) in [5.74, 6) is 0.129. The van der Waals surface area contributed by atoms with E-state index in [1.54, 1.807) is 0 Å². The Morgan fingerprint density at radius 3 is 2.52 bits per heavy atom. The summed E-state index contributed by atoms with van der Waals surface area (Å²) < 4.78 is 6.34. The molecule has 1 aliphatic carbocycles. The Kier molecular flexibility index (Phi) is 5.10. The van der Waals surface area contributed by atoms with Crippen LogP contribution in [0.5, 0.6) is 5.75 Å². The van der Waals surface area contributed by atoms with Crippen molar-refractivity contribution in [2.75, 3.05) is 0 Å². The van der Waals surface area contributed by atoms with Crippen LogP contribution in [0.2, 0.25) is 0 Å². The van der Waals surface area contributed by atoms with Gasteiger partial charge in [0.2, 0.25) is 0 Å². The van der Waals surface area contributed by atoms with E-state index in [1.165, 1.54) is 23.6 Å². The molecule has 1 saturated carbocycles. The van der Waals surface area contributed by atoms with Gasteiger partial charge in [-0.15, -0.1) is 0 Å². The van der Waals surface area contributed by atoms with Crippen molar-refractivity contribution < 1.29 is 14.6 Å². The highest BCUT2D eigenvalue weighted by Crippen LogP contribution is 2.35. The molecule has 0 radical (unpaired) electrons. The number of hydrogen-bond donors (Lipinski definition) is 1. The van der Waals surface area contributed by atoms with Gasteiger partial charge in [-0.25, -0.2) is 0 Å². The first-order chi connectivity index (χ1) is 13.2. The molecular weight excluding hydrogens is 336 g/mol. The van der Waals surface area contributed by atoms with Gasteiger partial charge in [0.1, 0.15) is 5.75 Å². The van der Waals surface area contributed by atoms with Crippen LogP contribution in [0.3, 0.4) is 0 Å². The minimum atomic E-state index is -0.770. The van der Waals surface area contributed by atoms with Gasteiger partial charge in [0, 0.05) is 12.0 Å². The third-order valence-corrected chi connectivity index (χ3v) is 5.33. The van der Waals surface area contributed by atoms with Gasteiger partial charge in [0.25, 0.3) is 0 Å². The summed E-state index contributed by atoms with van der Waals surface area (Å²) in [5, 5.41) is 11.4. The number of fused-ring (bicyclic) bond motifs is 1. The largest absolute Gasteiger partial charge is 0.490 e. The minimum Gasteiger partial charge on any atom is -0.490 e. The van der Waals surface area contributed by atoms with Gasteiger partial charge in [0.15, 0.2) is 0 Å². The summed E-state index contributed by atoms with van der Waals surface area (Å²) in [4.78, 5) is 10.9. The zero-order chi connectivity index (χ0) is 18.6. The van der Waals surface area contributed by atoms with E-state index < -0.39 is 5.97 Å². The van der Waals surface area contributed by atoms with Crippen LogP contribution in [0.25, 0.3) is 21.9 Å². The van der Waals surface area contributed by atoms with Crippen molar-refractivity contribution >= 4 is 16.7 Å². The van der Waals surface area contributed by atoms with Crippen LogP contribution >= 0.6 is 0 Å². The molecule has 0 aromatic heterocycles. The maximum Gasteiger partial charge on any atom is 0.303 e. The number of ether oxygens (including phenoxy) is 1. The molecule has 4 rings (SSSR count). The number of carboxylic acids is 1. The topological polar surface area (TPSA) is 46.5 Å². The molecule has 0 atom stereocenters. The second-order valence-corrected chi connectivity index (χ2v) is 7.31. The van der Waals surface area contributed by atoms with Crippen LogP contribution in [-0.2, 0) is 11.2 Å². The molecule has 138 valence electrons. The summed E-state index contributed by atoms with van der Waals surface area (Å²) >= 11 is 0. The van der Waals surface area contributed by atoms with Gasteiger partial charge >= 0.3 is 5.97 Å². The molecule has 0 bridgehead atoms. The van der Waals surface area contributed by atoms with Crippen LogP contribution < -0.4 is 4.74 Å². The first kappa shape index (κ1) is 17.6. The van der Waals surface area contributed by atoms with Crippen molar-refractivity contribution in [3.63, 3.8) is 0 Å². The lowest BCUT2D eigenvalue weighted by Gasteiger charge is -2.18. The Balaban J connectivity index is 1.72. The fourth-order valence-electron chi connectivity index (χ4n) is 3.85. The average molecular weight is 360 g/mol. The smallest absolute Gasteiger partial charge is 0.303 e. The van der Waals surface area contributed by atoms with E-state index in [0.29, 0.717) is 6.42 Å². The molecule has 0 unspecified atom stereocenters. The van der Waals surface area contributed by atoms with Crippen LogP contribution in [0.1, 0.15) is 37.7 Å². The Morgan fingerprint density at radius 1 is 0.963 bits per heavy atom. The van der Waals surface area contributed by atoms with Crippen molar-refractivity contribution in [2.45, 2.75) is 44.6 Å². The molecule has 27 heavy (non-hydrogen) atoms. The lowest BCUT2D eigenvalue weighted by atomic mass is 9.97. The lowest BCUT2D eigenvalue weighted by Crippen LogP contribution is -2.11. The fraction of sp³-hybridized carbons (Fsp3) is 0.292. The second-order valence-electron chi connectivity index (χ2n) is 7.31. The highest BCUT2D eigenvalue weighted by atomic mass is 16.5. The third kappa shape index (κ3) is 4.13. The van der Waals surface area contributed by atoms with E-state index in [0.717, 1.165) is 35.3 Å². The molecule has 0 aliphatic heterocycles. The first-order valence-electron chi connectivity index (χ1n) is 9.69. The molecule has 3 nitrogen and oxygen atoms in total. The molecule has 0 amide bonds. The highest BCUT2D eigenvalue weighted by Gasteiger charge is 2.19. The fourth-order valence-corrected chi connectivity index (χ4v) is 3.85. The number of carboxylic acid groups (broad SMARTS) is 1. The second kappa shape index (κ2) is 7.83. The quantitative estimate of drug-likeness (QED) is 0.600. The number of benzene rings is 3. The Hall–Kier alpha value is -2.81. The number of aryl methyl sites for hydroxylation is 1. The monoisotopic (exact) mass is 360 g/mol. The van der Waals surface area contributed by atoms with Gasteiger partial charge in [-0.05, 0) is 72.2 Å². The Morgan fingerprint density at radius 2 is 1.74 bits per heavy atom. The van der Waals surface area contributed by atoms with Crippen LogP contribution in [0.4, 0.5) is 0 Å². The molecule has 0 heterocycles. The Bertz CT molecular complexity index is 955. The molecule has 3 aromatic rings. The van der Waals surface area contributed by atoms with Gasteiger partial charge in [-0.2, -0.15) is 0 Å². The van der Waals surface area contributed by atoms with Crippen molar-refractivity contribution in [3.8, 4) is 16.9 Å². The van der Waals surface area contributed by atoms with Gasteiger partial charge in [-0.1, -0.05) is 42.5 Å². The molecular formula is C24H24O3. The van der Waals surface area contributed by atoms with Crippen LogP contribution in [0, 0.1) is 0 Å². The molecule has 1 aliphatic rings. The van der Waals surface area contributed by atoms with Gasteiger partial charge in [-0.3, -0.25) is 4.79 Å². The standard InChI is InChI=1S/C24H24O3/c25-24(26)14-10-17-9-13-23(27-21-7-3-4-8-21)22(15-17)20-12-11-18-5-1-2-6-19(18)16-20/h1-2,5-6,9,11-13,15-16,21H,3-4,7-8,10,14H2,(H,25,26). The predicted octanol–water partition coefficient (Wildman–Crippen LogP) is 5.85. The maximum atomic E-state index is 10.9. The van der Waals surface area contributed by atoms with Crippen molar-refractivity contribution in [1.29, 1.82) is 0 Å². The van der Waals surface area contributed by atoms with Gasteiger partial charge < -0.3 is 9.84 Å². The molecule has 1 fully saturated rings. The van der Waals surface area contributed by atoms with E-state index >= 15 is 0 Å². The van der Waals surface area contributed by atoms with Crippen LogP contribution in [0.15, 0.2) is 60.7 Å². The van der Waals surface area contributed by atoms with Gasteiger partial charge in [0.05, 0.1) is 6.10 Å².